The second-order valence-corrected chi connectivity index (χ2v) is 3.48. The molecule has 1 aromatic carbocycles. The van der Waals surface area contributed by atoms with Gasteiger partial charge < -0.3 is 5.43 Å². The molecule has 0 bridgehead atoms. The third-order valence-corrected chi connectivity index (χ3v) is 2.45. The highest BCUT2D eigenvalue weighted by atomic mass is 16.2. The van der Waals surface area contributed by atoms with Crippen molar-refractivity contribution in [3.8, 4) is 0 Å². The number of carbonyl (C=O) groups is 2. The fraction of sp³-hybridized carbons (Fsp3) is 0. The Bertz CT molecular complexity index is 499. The zero-order valence-electron chi connectivity index (χ0n) is 9.01. The fourth-order valence-corrected chi connectivity index (χ4v) is 1.67. The lowest BCUT2D eigenvalue weighted by molar-refractivity contribution is 0.0710. The summed E-state index contributed by atoms with van der Waals surface area (Å²) in [4.78, 5) is 25.0. The Hall–Kier alpha value is -2.40. The van der Waals surface area contributed by atoms with Gasteiger partial charge in [-0.1, -0.05) is 18.7 Å². The van der Waals surface area contributed by atoms with Crippen LogP contribution in [0.15, 0.2) is 48.8 Å². The minimum atomic E-state index is -0.364. The summed E-state index contributed by atoms with van der Waals surface area (Å²) in [6.07, 6.45) is 2.85. The van der Waals surface area contributed by atoms with Crippen molar-refractivity contribution in [1.29, 1.82) is 0 Å². The number of benzene rings is 1. The largest absolute Gasteiger partial charge is 0.331 e. The van der Waals surface area contributed by atoms with Gasteiger partial charge in [0.05, 0.1) is 11.1 Å². The van der Waals surface area contributed by atoms with E-state index in [9.17, 15) is 9.59 Å². The molecule has 0 atom stereocenters. The molecule has 1 heterocycles. The SMILES string of the molecule is C=C(/C=C\NN)N1C(=O)c2ccccc2C1=O. The highest BCUT2D eigenvalue weighted by Gasteiger charge is 2.35. The summed E-state index contributed by atoms with van der Waals surface area (Å²) < 4.78 is 0. The minimum absolute atomic E-state index is 0.272. The van der Waals surface area contributed by atoms with Crippen LogP contribution in [0.1, 0.15) is 20.7 Å². The molecule has 5 nitrogen and oxygen atoms in total. The van der Waals surface area contributed by atoms with E-state index in [4.69, 9.17) is 5.84 Å². The van der Waals surface area contributed by atoms with Gasteiger partial charge in [-0.25, -0.2) is 4.90 Å². The van der Waals surface area contributed by atoms with E-state index in [-0.39, 0.29) is 17.5 Å². The maximum Gasteiger partial charge on any atom is 0.266 e. The molecule has 17 heavy (non-hydrogen) atoms. The molecule has 0 saturated carbocycles. The molecule has 0 fully saturated rings. The van der Waals surface area contributed by atoms with E-state index in [2.05, 4.69) is 12.0 Å². The number of nitrogens with two attached hydrogens (primary N) is 1. The van der Waals surface area contributed by atoms with Crippen LogP contribution < -0.4 is 11.3 Å². The maximum absolute atomic E-state index is 12.0. The van der Waals surface area contributed by atoms with E-state index < -0.39 is 0 Å². The Morgan fingerprint density at radius 1 is 1.24 bits per heavy atom. The third kappa shape index (κ3) is 1.72. The van der Waals surface area contributed by atoms with Gasteiger partial charge in [-0.05, 0) is 18.2 Å². The molecule has 0 aromatic heterocycles. The van der Waals surface area contributed by atoms with Crippen molar-refractivity contribution < 1.29 is 9.59 Å². The van der Waals surface area contributed by atoms with Gasteiger partial charge in [-0.2, -0.15) is 0 Å². The normalized spacial score (nSPS) is 14.3. The van der Waals surface area contributed by atoms with Crippen molar-refractivity contribution in [1.82, 2.24) is 10.3 Å². The molecule has 3 N–H and O–H groups in total. The van der Waals surface area contributed by atoms with Gasteiger partial charge in [0, 0.05) is 11.9 Å². The minimum Gasteiger partial charge on any atom is -0.331 e. The average Bonchev–Trinajstić information content (AvgIpc) is 2.60. The lowest BCUT2D eigenvalue weighted by Crippen LogP contribution is -2.28. The van der Waals surface area contributed by atoms with Crippen LogP contribution in [0.2, 0.25) is 0 Å². The molecule has 1 aromatic rings. The topological polar surface area (TPSA) is 75.4 Å². The van der Waals surface area contributed by atoms with E-state index >= 15 is 0 Å². The Balaban J connectivity index is 2.36. The fourth-order valence-electron chi connectivity index (χ4n) is 1.67. The summed E-state index contributed by atoms with van der Waals surface area (Å²) >= 11 is 0. The van der Waals surface area contributed by atoms with Crippen molar-refractivity contribution in [2.45, 2.75) is 0 Å². The summed E-state index contributed by atoms with van der Waals surface area (Å²) in [7, 11) is 0. The first kappa shape index (κ1) is 11.1. The number of nitrogens with one attached hydrogen (secondary N) is 1. The molecule has 0 spiro atoms. The molecule has 0 saturated heterocycles. The van der Waals surface area contributed by atoms with Crippen molar-refractivity contribution in [2.24, 2.45) is 5.84 Å². The van der Waals surface area contributed by atoms with Gasteiger partial charge in [0.15, 0.2) is 0 Å². The first-order chi connectivity index (χ1) is 8.16. The molecular weight excluding hydrogens is 218 g/mol. The number of hydrogen-bond donors (Lipinski definition) is 2. The molecule has 0 aliphatic carbocycles. The van der Waals surface area contributed by atoms with Crippen LogP contribution in [0.5, 0.6) is 0 Å². The number of amides is 2. The molecule has 86 valence electrons. The van der Waals surface area contributed by atoms with E-state index in [1.807, 2.05) is 0 Å². The molecule has 2 amide bonds. The van der Waals surface area contributed by atoms with Crippen LogP contribution in [-0.4, -0.2) is 16.7 Å². The van der Waals surface area contributed by atoms with Crippen LogP contribution >= 0.6 is 0 Å². The molecule has 1 aliphatic heterocycles. The number of rotatable bonds is 3. The number of allylic oxidation sites excluding steroid dienone is 1. The predicted octanol–water partition coefficient (Wildman–Crippen LogP) is 0.773. The molecule has 0 radical (unpaired) electrons. The van der Waals surface area contributed by atoms with Crippen molar-refractivity contribution in [2.75, 3.05) is 0 Å². The predicted molar refractivity (Wildman–Crippen MR) is 62.5 cm³/mol. The first-order valence-corrected chi connectivity index (χ1v) is 4.96. The summed E-state index contributed by atoms with van der Waals surface area (Å²) in [6, 6.07) is 6.67. The van der Waals surface area contributed by atoms with Gasteiger partial charge in [0.2, 0.25) is 0 Å². The Labute approximate surface area is 98.2 Å². The summed E-state index contributed by atoms with van der Waals surface area (Å²) in [5.41, 5.74) is 3.35. The lowest BCUT2D eigenvalue weighted by Gasteiger charge is -2.13. The lowest BCUT2D eigenvalue weighted by atomic mass is 10.1. The van der Waals surface area contributed by atoms with Crippen LogP contribution in [-0.2, 0) is 0 Å². The van der Waals surface area contributed by atoms with Crippen molar-refractivity contribution in [3.05, 3.63) is 59.9 Å². The molecule has 2 rings (SSSR count). The number of fused-ring (bicyclic) bond motifs is 1. The highest BCUT2D eigenvalue weighted by Crippen LogP contribution is 2.25. The van der Waals surface area contributed by atoms with Crippen LogP contribution in [0.3, 0.4) is 0 Å². The Morgan fingerprint density at radius 2 is 1.76 bits per heavy atom. The third-order valence-electron chi connectivity index (χ3n) is 2.45. The van der Waals surface area contributed by atoms with Crippen LogP contribution in [0.25, 0.3) is 0 Å². The molecule has 0 unspecified atom stereocenters. The van der Waals surface area contributed by atoms with Gasteiger partial charge in [0.25, 0.3) is 11.8 Å². The maximum atomic E-state index is 12.0. The summed E-state index contributed by atoms with van der Waals surface area (Å²) in [5, 5.41) is 0. The standard InChI is InChI=1S/C12H11N3O2/c1-8(6-7-14-13)15-11(16)9-4-2-3-5-10(9)12(15)17/h2-7,14H,1,13H2/b7-6-. The zero-order chi connectivity index (χ0) is 12.4. The van der Waals surface area contributed by atoms with Gasteiger partial charge in [0.1, 0.15) is 0 Å². The van der Waals surface area contributed by atoms with E-state index in [0.717, 1.165) is 4.90 Å². The van der Waals surface area contributed by atoms with E-state index in [0.29, 0.717) is 11.1 Å². The summed E-state index contributed by atoms with van der Waals surface area (Å²) in [5.74, 6) is 4.34. The molecule has 1 aliphatic rings. The quantitative estimate of drug-likeness (QED) is 0.347. The van der Waals surface area contributed by atoms with E-state index in [1.54, 1.807) is 24.3 Å². The van der Waals surface area contributed by atoms with Crippen molar-refractivity contribution >= 4 is 11.8 Å². The Kier molecular flexibility index (Phi) is 2.76. The van der Waals surface area contributed by atoms with Crippen LogP contribution in [0, 0.1) is 0 Å². The van der Waals surface area contributed by atoms with E-state index in [1.165, 1.54) is 12.3 Å². The number of carbonyl (C=O) groups excluding carboxylic acids is 2. The van der Waals surface area contributed by atoms with Crippen LogP contribution in [0.4, 0.5) is 0 Å². The monoisotopic (exact) mass is 229 g/mol. The van der Waals surface area contributed by atoms with Crippen molar-refractivity contribution in [3.63, 3.8) is 0 Å². The van der Waals surface area contributed by atoms with Gasteiger partial charge >= 0.3 is 0 Å². The van der Waals surface area contributed by atoms with Gasteiger partial charge in [-0.15, -0.1) is 0 Å². The zero-order valence-corrected chi connectivity index (χ0v) is 9.01. The number of hydrazine groups is 1. The number of hydrogen-bond acceptors (Lipinski definition) is 4. The first-order valence-electron chi connectivity index (χ1n) is 4.96. The van der Waals surface area contributed by atoms with Gasteiger partial charge in [-0.3, -0.25) is 15.4 Å². The molecular formula is C12H11N3O2. The second kappa shape index (κ2) is 4.23. The smallest absolute Gasteiger partial charge is 0.266 e. The summed E-state index contributed by atoms with van der Waals surface area (Å²) in [6.45, 7) is 3.66. The highest BCUT2D eigenvalue weighted by molar-refractivity contribution is 6.22. The average molecular weight is 229 g/mol. The Morgan fingerprint density at radius 3 is 2.24 bits per heavy atom. The number of imide groups is 1. The molecule has 5 heteroatoms. The second-order valence-electron chi connectivity index (χ2n) is 3.48. The number of nitrogens with zero attached hydrogens (tertiary/aromatic N) is 1.